The molecule has 0 radical (unpaired) electrons. The normalized spacial score (nSPS) is 20.0. The van der Waals surface area contributed by atoms with Gasteiger partial charge in [0.25, 0.3) is 0 Å². The number of carbonyl (C=O) groups is 1. The Morgan fingerprint density at radius 3 is 2.59 bits per heavy atom. The Bertz CT molecular complexity index is 493. The third kappa shape index (κ3) is 4.57. The van der Waals surface area contributed by atoms with Gasteiger partial charge in [0.2, 0.25) is 5.91 Å². The van der Waals surface area contributed by atoms with Crippen LogP contribution in [0.2, 0.25) is 0 Å². The van der Waals surface area contributed by atoms with Gasteiger partial charge in [0, 0.05) is 32.6 Å². The summed E-state index contributed by atoms with van der Waals surface area (Å²) < 4.78 is 0. The summed E-state index contributed by atoms with van der Waals surface area (Å²) in [5.74, 6) is 1.28. The van der Waals surface area contributed by atoms with Gasteiger partial charge in [-0.15, -0.1) is 0 Å². The van der Waals surface area contributed by atoms with E-state index in [1.54, 1.807) is 0 Å². The fraction of sp³-hybridized carbons (Fsp3) is 0.632. The van der Waals surface area contributed by atoms with E-state index >= 15 is 0 Å². The summed E-state index contributed by atoms with van der Waals surface area (Å²) >= 11 is 0. The second kappa shape index (κ2) is 7.28. The van der Waals surface area contributed by atoms with Crippen LogP contribution in [0.4, 0.5) is 0 Å². The van der Waals surface area contributed by atoms with Gasteiger partial charge in [0.05, 0.1) is 0 Å². The maximum absolute atomic E-state index is 12.4. The molecule has 0 unspecified atom stereocenters. The molecular weight excluding hydrogens is 272 g/mol. The minimum Gasteiger partial charge on any atom is -0.341 e. The van der Waals surface area contributed by atoms with Gasteiger partial charge in [-0.05, 0) is 50.6 Å². The van der Waals surface area contributed by atoms with Gasteiger partial charge < -0.3 is 9.80 Å². The van der Waals surface area contributed by atoms with Crippen LogP contribution in [-0.4, -0.2) is 48.4 Å². The Balaban J connectivity index is 1.44. The number of aryl methyl sites for hydroxylation is 2. The molecule has 3 heteroatoms. The number of hydrogen-bond acceptors (Lipinski definition) is 2. The van der Waals surface area contributed by atoms with E-state index in [0.29, 0.717) is 12.3 Å². The number of nitrogens with zero attached hydrogens (tertiary/aromatic N) is 2. The molecule has 1 aromatic carbocycles. The number of hydrogen-bond donors (Lipinski definition) is 0. The first-order chi connectivity index (χ1) is 10.7. The summed E-state index contributed by atoms with van der Waals surface area (Å²) in [6.45, 7) is 7.43. The molecule has 0 N–H and O–H groups in total. The lowest BCUT2D eigenvalue weighted by Crippen LogP contribution is -2.35. The van der Waals surface area contributed by atoms with Crippen molar-refractivity contribution in [1.82, 2.24) is 9.80 Å². The van der Waals surface area contributed by atoms with Crippen molar-refractivity contribution in [2.75, 3.05) is 32.7 Å². The van der Waals surface area contributed by atoms with Crippen molar-refractivity contribution >= 4 is 5.91 Å². The molecule has 3 nitrogen and oxygen atoms in total. The van der Waals surface area contributed by atoms with E-state index in [9.17, 15) is 4.79 Å². The third-order valence-corrected chi connectivity index (χ3v) is 4.90. The predicted octanol–water partition coefficient (Wildman–Crippen LogP) is 2.87. The highest BCUT2D eigenvalue weighted by Crippen LogP contribution is 2.29. The Morgan fingerprint density at radius 2 is 1.86 bits per heavy atom. The lowest BCUT2D eigenvalue weighted by atomic mass is 10.1. The molecule has 0 spiro atoms. The molecule has 3 rings (SSSR count). The summed E-state index contributed by atoms with van der Waals surface area (Å²) in [4.78, 5) is 17.1. The van der Waals surface area contributed by atoms with Gasteiger partial charge in [-0.25, -0.2) is 0 Å². The molecule has 1 aliphatic carbocycles. The molecule has 1 amide bonds. The van der Waals surface area contributed by atoms with E-state index in [2.05, 4.69) is 41.0 Å². The molecule has 0 bridgehead atoms. The Kier molecular flexibility index (Phi) is 5.14. The van der Waals surface area contributed by atoms with E-state index in [-0.39, 0.29) is 0 Å². The van der Waals surface area contributed by atoms with Gasteiger partial charge in [-0.2, -0.15) is 0 Å². The highest BCUT2D eigenvalue weighted by Gasteiger charge is 2.26. The van der Waals surface area contributed by atoms with E-state index in [1.807, 2.05) is 0 Å². The first-order valence-electron chi connectivity index (χ1n) is 8.76. The van der Waals surface area contributed by atoms with Gasteiger partial charge in [-0.1, -0.05) is 29.8 Å². The largest absolute Gasteiger partial charge is 0.341 e. The molecule has 1 heterocycles. The average Bonchev–Trinajstić information content (AvgIpc) is 3.34. The van der Waals surface area contributed by atoms with Crippen molar-refractivity contribution in [3.63, 3.8) is 0 Å². The second-order valence-electron chi connectivity index (χ2n) is 6.96. The molecule has 22 heavy (non-hydrogen) atoms. The van der Waals surface area contributed by atoms with E-state index in [0.717, 1.165) is 44.9 Å². The van der Waals surface area contributed by atoms with Crippen LogP contribution >= 0.6 is 0 Å². The summed E-state index contributed by atoms with van der Waals surface area (Å²) in [7, 11) is 0. The molecule has 2 aliphatic rings. The van der Waals surface area contributed by atoms with Crippen molar-refractivity contribution in [1.29, 1.82) is 0 Å². The molecular formula is C19H28N2O. The topological polar surface area (TPSA) is 23.6 Å². The fourth-order valence-electron chi connectivity index (χ4n) is 3.23. The van der Waals surface area contributed by atoms with Crippen molar-refractivity contribution in [2.24, 2.45) is 5.92 Å². The molecule has 2 fully saturated rings. The number of carbonyl (C=O) groups excluding carboxylic acids is 1. The van der Waals surface area contributed by atoms with E-state index in [1.165, 1.54) is 30.5 Å². The SMILES string of the molecule is Cc1ccc(CCC(=O)N2CCCN(CC3CC3)CC2)cc1. The summed E-state index contributed by atoms with van der Waals surface area (Å²) in [6, 6.07) is 8.54. The summed E-state index contributed by atoms with van der Waals surface area (Å²) in [5, 5.41) is 0. The molecule has 1 saturated heterocycles. The Morgan fingerprint density at radius 1 is 1.09 bits per heavy atom. The molecule has 120 valence electrons. The standard InChI is InChI=1S/C19H28N2O/c1-16-3-5-17(6-4-16)9-10-19(22)21-12-2-11-20(13-14-21)15-18-7-8-18/h3-6,18H,2,7-15H2,1H3. The molecule has 1 aliphatic heterocycles. The Labute approximate surface area is 134 Å². The zero-order valence-electron chi connectivity index (χ0n) is 13.8. The number of rotatable bonds is 5. The van der Waals surface area contributed by atoms with Gasteiger partial charge in [0.15, 0.2) is 0 Å². The quantitative estimate of drug-likeness (QED) is 0.835. The molecule has 0 aromatic heterocycles. The monoisotopic (exact) mass is 300 g/mol. The molecule has 1 saturated carbocycles. The Hall–Kier alpha value is -1.35. The highest BCUT2D eigenvalue weighted by atomic mass is 16.2. The number of amides is 1. The van der Waals surface area contributed by atoms with Gasteiger partial charge in [0.1, 0.15) is 0 Å². The first kappa shape index (κ1) is 15.5. The van der Waals surface area contributed by atoms with Crippen LogP contribution < -0.4 is 0 Å². The van der Waals surface area contributed by atoms with Crippen molar-refractivity contribution < 1.29 is 4.79 Å². The maximum Gasteiger partial charge on any atom is 0.222 e. The lowest BCUT2D eigenvalue weighted by Gasteiger charge is -2.22. The summed E-state index contributed by atoms with van der Waals surface area (Å²) in [5.41, 5.74) is 2.54. The second-order valence-corrected chi connectivity index (χ2v) is 6.96. The maximum atomic E-state index is 12.4. The van der Waals surface area contributed by atoms with E-state index in [4.69, 9.17) is 0 Å². The van der Waals surface area contributed by atoms with Crippen LogP contribution in [0, 0.1) is 12.8 Å². The van der Waals surface area contributed by atoms with Crippen LogP contribution in [0.5, 0.6) is 0 Å². The molecule has 0 atom stereocenters. The summed E-state index contributed by atoms with van der Waals surface area (Å²) in [6.07, 6.45) is 5.46. The highest BCUT2D eigenvalue weighted by molar-refractivity contribution is 5.76. The van der Waals surface area contributed by atoms with Gasteiger partial charge in [-0.3, -0.25) is 4.79 Å². The van der Waals surface area contributed by atoms with Crippen LogP contribution in [0.25, 0.3) is 0 Å². The van der Waals surface area contributed by atoms with Crippen LogP contribution in [0.15, 0.2) is 24.3 Å². The van der Waals surface area contributed by atoms with E-state index < -0.39 is 0 Å². The third-order valence-electron chi connectivity index (χ3n) is 4.90. The predicted molar refractivity (Wildman–Crippen MR) is 89.9 cm³/mol. The smallest absolute Gasteiger partial charge is 0.222 e. The van der Waals surface area contributed by atoms with Crippen LogP contribution in [-0.2, 0) is 11.2 Å². The zero-order chi connectivity index (χ0) is 15.4. The lowest BCUT2D eigenvalue weighted by molar-refractivity contribution is -0.131. The molecule has 1 aromatic rings. The van der Waals surface area contributed by atoms with Crippen LogP contribution in [0.1, 0.15) is 36.8 Å². The zero-order valence-corrected chi connectivity index (χ0v) is 13.8. The number of benzene rings is 1. The average molecular weight is 300 g/mol. The van der Waals surface area contributed by atoms with Crippen molar-refractivity contribution in [2.45, 2.75) is 39.0 Å². The first-order valence-corrected chi connectivity index (χ1v) is 8.76. The fourth-order valence-corrected chi connectivity index (χ4v) is 3.23. The van der Waals surface area contributed by atoms with Crippen molar-refractivity contribution in [3.8, 4) is 0 Å². The minimum absolute atomic E-state index is 0.328. The van der Waals surface area contributed by atoms with Crippen LogP contribution in [0.3, 0.4) is 0 Å². The minimum atomic E-state index is 0.328. The van der Waals surface area contributed by atoms with Gasteiger partial charge >= 0.3 is 0 Å². The van der Waals surface area contributed by atoms with Crippen molar-refractivity contribution in [3.05, 3.63) is 35.4 Å².